The summed E-state index contributed by atoms with van der Waals surface area (Å²) in [6.07, 6.45) is 3.29. The number of esters is 1. The van der Waals surface area contributed by atoms with Crippen molar-refractivity contribution in [3.8, 4) is 5.75 Å². The highest BCUT2D eigenvalue weighted by Crippen LogP contribution is 2.31. The lowest BCUT2D eigenvalue weighted by molar-refractivity contribution is -0.136. The van der Waals surface area contributed by atoms with Crippen molar-refractivity contribution in [2.45, 2.75) is 6.92 Å². The minimum atomic E-state index is -0.531. The molecule has 0 saturated heterocycles. The number of ether oxygens (including phenoxy) is 2. The maximum absolute atomic E-state index is 12.6. The molecule has 120 valence electrons. The molecule has 1 aliphatic heterocycles. The van der Waals surface area contributed by atoms with Crippen LogP contribution in [0.3, 0.4) is 0 Å². The number of amides is 1. The first kappa shape index (κ1) is 16.5. The molecule has 0 N–H and O–H groups in total. The van der Waals surface area contributed by atoms with E-state index in [0.29, 0.717) is 23.6 Å². The Morgan fingerprint density at radius 2 is 2.09 bits per heavy atom. The van der Waals surface area contributed by atoms with Crippen molar-refractivity contribution in [2.75, 3.05) is 20.8 Å². The molecule has 1 aromatic rings. The van der Waals surface area contributed by atoms with Gasteiger partial charge in [0, 0.05) is 12.2 Å². The van der Waals surface area contributed by atoms with Crippen molar-refractivity contribution >= 4 is 18.0 Å². The van der Waals surface area contributed by atoms with Crippen LogP contribution in [0.2, 0.25) is 0 Å². The molecule has 1 amide bonds. The summed E-state index contributed by atoms with van der Waals surface area (Å²) >= 11 is 0. The Labute approximate surface area is 135 Å². The van der Waals surface area contributed by atoms with Crippen molar-refractivity contribution in [1.29, 1.82) is 0 Å². The lowest BCUT2D eigenvalue weighted by Gasteiger charge is -2.14. The van der Waals surface area contributed by atoms with Crippen molar-refractivity contribution < 1.29 is 19.1 Å². The summed E-state index contributed by atoms with van der Waals surface area (Å²) in [5, 5.41) is 0. The molecule has 5 heteroatoms. The van der Waals surface area contributed by atoms with Gasteiger partial charge in [-0.15, -0.1) is 6.58 Å². The highest BCUT2D eigenvalue weighted by Gasteiger charge is 2.36. The van der Waals surface area contributed by atoms with Crippen molar-refractivity contribution in [3.63, 3.8) is 0 Å². The van der Waals surface area contributed by atoms with Gasteiger partial charge in [-0.2, -0.15) is 0 Å². The highest BCUT2D eigenvalue weighted by molar-refractivity contribution is 6.16. The Kier molecular flexibility index (Phi) is 5.01. The fraction of sp³-hybridized carbons (Fsp3) is 0.222. The minimum Gasteiger partial charge on any atom is -0.497 e. The van der Waals surface area contributed by atoms with E-state index < -0.39 is 5.97 Å². The van der Waals surface area contributed by atoms with Gasteiger partial charge in [0.15, 0.2) is 0 Å². The Morgan fingerprint density at radius 1 is 1.35 bits per heavy atom. The van der Waals surface area contributed by atoms with Crippen LogP contribution in [-0.2, 0) is 14.3 Å². The number of hydrogen-bond acceptors (Lipinski definition) is 4. The summed E-state index contributed by atoms with van der Waals surface area (Å²) in [5.41, 5.74) is 1.92. The van der Waals surface area contributed by atoms with Crippen LogP contribution < -0.4 is 4.74 Å². The number of benzene rings is 1. The van der Waals surface area contributed by atoms with Gasteiger partial charge in [-0.25, -0.2) is 4.79 Å². The largest absolute Gasteiger partial charge is 0.497 e. The molecule has 0 saturated carbocycles. The summed E-state index contributed by atoms with van der Waals surface area (Å²) in [4.78, 5) is 26.2. The Morgan fingerprint density at radius 3 is 2.70 bits per heavy atom. The van der Waals surface area contributed by atoms with Crippen molar-refractivity contribution in [3.05, 3.63) is 59.3 Å². The second-order valence-corrected chi connectivity index (χ2v) is 4.99. The predicted molar refractivity (Wildman–Crippen MR) is 87.6 cm³/mol. The van der Waals surface area contributed by atoms with Gasteiger partial charge in [0.25, 0.3) is 5.91 Å². The SMILES string of the molecule is C=CCN1C(=O)/C(=C\c2cccc(OC)c2)C(C(=O)OC)=C1C. The molecular weight excluding hydrogens is 294 g/mol. The molecule has 2 rings (SSSR count). The molecule has 0 fully saturated rings. The first-order valence-corrected chi connectivity index (χ1v) is 7.11. The number of nitrogens with zero attached hydrogens (tertiary/aromatic N) is 1. The van der Waals surface area contributed by atoms with E-state index >= 15 is 0 Å². The van der Waals surface area contributed by atoms with Crippen LogP contribution >= 0.6 is 0 Å². The maximum Gasteiger partial charge on any atom is 0.340 e. The van der Waals surface area contributed by atoms with Crippen LogP contribution in [0.4, 0.5) is 0 Å². The van der Waals surface area contributed by atoms with Gasteiger partial charge in [0.2, 0.25) is 0 Å². The molecule has 5 nitrogen and oxygen atoms in total. The molecule has 0 aromatic heterocycles. The third-order valence-corrected chi connectivity index (χ3v) is 3.62. The number of methoxy groups -OCH3 is 2. The zero-order valence-corrected chi connectivity index (χ0v) is 13.5. The third-order valence-electron chi connectivity index (χ3n) is 3.62. The van der Waals surface area contributed by atoms with Crippen LogP contribution in [0.1, 0.15) is 12.5 Å². The van der Waals surface area contributed by atoms with E-state index in [0.717, 1.165) is 5.56 Å². The summed E-state index contributed by atoms with van der Waals surface area (Å²) in [5.74, 6) is -0.102. The van der Waals surface area contributed by atoms with Gasteiger partial charge in [0.05, 0.1) is 25.4 Å². The lowest BCUT2D eigenvalue weighted by atomic mass is 10.0. The molecule has 0 bridgehead atoms. The normalized spacial score (nSPS) is 16.0. The van der Waals surface area contributed by atoms with E-state index in [-0.39, 0.29) is 11.5 Å². The molecule has 0 atom stereocenters. The average Bonchev–Trinajstić information content (AvgIpc) is 2.79. The number of rotatable bonds is 5. The van der Waals surface area contributed by atoms with Crippen LogP contribution in [0.25, 0.3) is 6.08 Å². The van der Waals surface area contributed by atoms with Crippen LogP contribution in [-0.4, -0.2) is 37.5 Å². The zero-order valence-electron chi connectivity index (χ0n) is 13.5. The van der Waals surface area contributed by atoms with E-state index in [1.807, 2.05) is 18.2 Å². The van der Waals surface area contributed by atoms with Crippen LogP contribution in [0, 0.1) is 0 Å². The quantitative estimate of drug-likeness (QED) is 0.476. The fourth-order valence-electron chi connectivity index (χ4n) is 2.48. The first-order chi connectivity index (χ1) is 11.0. The molecule has 1 aromatic carbocycles. The highest BCUT2D eigenvalue weighted by atomic mass is 16.5. The van der Waals surface area contributed by atoms with Gasteiger partial charge >= 0.3 is 5.97 Å². The average molecular weight is 313 g/mol. The molecule has 0 unspecified atom stereocenters. The number of hydrogen-bond donors (Lipinski definition) is 0. The van der Waals surface area contributed by atoms with Gasteiger partial charge in [-0.3, -0.25) is 4.79 Å². The molecule has 0 radical (unpaired) electrons. The second-order valence-electron chi connectivity index (χ2n) is 4.99. The summed E-state index contributed by atoms with van der Waals surface area (Å²) < 4.78 is 10.0. The standard InChI is InChI=1S/C18H19NO4/c1-5-9-19-12(2)16(18(21)23-4)15(17(19)20)11-13-7-6-8-14(10-13)22-3/h5-8,10-11H,1,9H2,2-4H3/b15-11-. The number of allylic oxidation sites excluding steroid dienone is 1. The number of carbonyl (C=O) groups is 2. The predicted octanol–water partition coefficient (Wildman–Crippen LogP) is 2.55. The maximum atomic E-state index is 12.6. The molecule has 0 spiro atoms. The topological polar surface area (TPSA) is 55.8 Å². The van der Waals surface area contributed by atoms with Gasteiger partial charge in [-0.1, -0.05) is 18.2 Å². The van der Waals surface area contributed by atoms with E-state index in [1.165, 1.54) is 12.0 Å². The minimum absolute atomic E-state index is 0.245. The van der Waals surface area contributed by atoms with Crippen LogP contribution in [0.5, 0.6) is 5.75 Å². The number of carbonyl (C=O) groups excluding carboxylic acids is 2. The van der Waals surface area contributed by atoms with Crippen molar-refractivity contribution in [2.24, 2.45) is 0 Å². The van der Waals surface area contributed by atoms with Crippen LogP contribution in [0.15, 0.2) is 53.8 Å². The molecule has 23 heavy (non-hydrogen) atoms. The summed E-state index contributed by atoms with van der Waals surface area (Å²) in [6, 6.07) is 7.26. The third kappa shape index (κ3) is 3.18. The lowest BCUT2D eigenvalue weighted by Crippen LogP contribution is -2.24. The van der Waals surface area contributed by atoms with E-state index in [4.69, 9.17) is 9.47 Å². The fourth-order valence-corrected chi connectivity index (χ4v) is 2.48. The Hall–Kier alpha value is -2.82. The van der Waals surface area contributed by atoms with Gasteiger partial charge < -0.3 is 14.4 Å². The Bertz CT molecular complexity index is 715. The Balaban J connectivity index is 2.53. The van der Waals surface area contributed by atoms with Gasteiger partial charge in [0.1, 0.15) is 5.75 Å². The molecular formula is C18H19NO4. The smallest absolute Gasteiger partial charge is 0.340 e. The monoisotopic (exact) mass is 313 g/mol. The second kappa shape index (κ2) is 6.96. The first-order valence-electron chi connectivity index (χ1n) is 7.11. The van der Waals surface area contributed by atoms with E-state index in [2.05, 4.69) is 6.58 Å². The zero-order chi connectivity index (χ0) is 17.0. The molecule has 1 aliphatic rings. The van der Waals surface area contributed by atoms with Gasteiger partial charge in [-0.05, 0) is 30.7 Å². The van der Waals surface area contributed by atoms with Crippen molar-refractivity contribution in [1.82, 2.24) is 4.90 Å². The molecule has 1 heterocycles. The van der Waals surface area contributed by atoms with E-state index in [9.17, 15) is 9.59 Å². The molecule has 0 aliphatic carbocycles. The summed E-state index contributed by atoms with van der Waals surface area (Å²) in [6.45, 7) is 5.70. The summed E-state index contributed by atoms with van der Waals surface area (Å²) in [7, 11) is 2.87. The van der Waals surface area contributed by atoms with E-state index in [1.54, 1.807) is 32.3 Å².